The number of furan rings is 1. The van der Waals surface area contributed by atoms with Crippen LogP contribution < -0.4 is 0 Å². The van der Waals surface area contributed by atoms with Gasteiger partial charge in [0.15, 0.2) is 11.3 Å². The summed E-state index contributed by atoms with van der Waals surface area (Å²) >= 11 is 6.00. The summed E-state index contributed by atoms with van der Waals surface area (Å²) < 4.78 is 11.0. The first-order chi connectivity index (χ1) is 12.7. The monoisotopic (exact) mass is 366 g/mol. The second kappa shape index (κ2) is 7.06. The molecule has 0 fully saturated rings. The number of halogens is 1. The fraction of sp³-hybridized carbons (Fsp3) is 0.100. The quantitative estimate of drug-likeness (QED) is 0.503. The average molecular weight is 367 g/mol. The van der Waals surface area contributed by atoms with Gasteiger partial charge in [-0.25, -0.2) is 4.98 Å². The molecule has 0 N–H and O–H groups in total. The molecule has 0 radical (unpaired) electrons. The Morgan fingerprint density at radius 3 is 2.65 bits per heavy atom. The van der Waals surface area contributed by atoms with E-state index in [-0.39, 0.29) is 18.2 Å². The normalized spacial score (nSPS) is 11.0. The summed E-state index contributed by atoms with van der Waals surface area (Å²) in [5, 5.41) is 0.588. The number of aromatic nitrogens is 1. The zero-order chi connectivity index (χ0) is 17.9. The zero-order valence-corrected chi connectivity index (χ0v) is 14.5. The van der Waals surface area contributed by atoms with Gasteiger partial charge in [-0.05, 0) is 35.9 Å². The molecule has 0 aliphatic carbocycles. The topological polar surface area (TPSA) is 59.5 Å². The van der Waals surface area contributed by atoms with Crippen molar-refractivity contribution in [1.29, 1.82) is 0 Å². The van der Waals surface area contributed by atoms with Crippen molar-refractivity contribution in [3.63, 3.8) is 0 Å². The second-order valence-corrected chi connectivity index (χ2v) is 6.28. The minimum atomic E-state index is -0.223. The summed E-state index contributed by atoms with van der Waals surface area (Å²) in [6.07, 6.45) is 1.48. The lowest BCUT2D eigenvalue weighted by Gasteiger charge is -2.20. The molecule has 0 saturated carbocycles. The van der Waals surface area contributed by atoms with Crippen LogP contribution in [0.5, 0.6) is 0 Å². The summed E-state index contributed by atoms with van der Waals surface area (Å²) in [4.78, 5) is 18.9. The van der Waals surface area contributed by atoms with Crippen molar-refractivity contribution in [3.8, 4) is 0 Å². The number of benzene rings is 2. The van der Waals surface area contributed by atoms with Gasteiger partial charge in [0.05, 0.1) is 12.8 Å². The van der Waals surface area contributed by atoms with Crippen molar-refractivity contribution in [2.24, 2.45) is 0 Å². The van der Waals surface area contributed by atoms with Crippen molar-refractivity contribution in [3.05, 3.63) is 89.2 Å². The fourth-order valence-electron chi connectivity index (χ4n) is 2.74. The summed E-state index contributed by atoms with van der Waals surface area (Å²) in [7, 11) is 0. The van der Waals surface area contributed by atoms with E-state index in [0.717, 1.165) is 5.56 Å². The average Bonchev–Trinajstić information content (AvgIpc) is 3.30. The van der Waals surface area contributed by atoms with Gasteiger partial charge in [0, 0.05) is 11.6 Å². The zero-order valence-electron chi connectivity index (χ0n) is 13.8. The number of hydrogen-bond donors (Lipinski definition) is 0. The van der Waals surface area contributed by atoms with E-state index in [9.17, 15) is 4.79 Å². The summed E-state index contributed by atoms with van der Waals surface area (Å²) in [6.45, 7) is 0.639. The molecule has 2 aromatic heterocycles. The van der Waals surface area contributed by atoms with Gasteiger partial charge in [-0.1, -0.05) is 41.9 Å². The van der Waals surface area contributed by atoms with E-state index in [4.69, 9.17) is 20.4 Å². The minimum Gasteiger partial charge on any atom is -0.459 e. The molecule has 0 bridgehead atoms. The van der Waals surface area contributed by atoms with E-state index in [1.54, 1.807) is 35.2 Å². The van der Waals surface area contributed by atoms with Crippen LogP contribution >= 0.6 is 11.6 Å². The van der Waals surface area contributed by atoms with E-state index < -0.39 is 0 Å². The van der Waals surface area contributed by atoms with Crippen LogP contribution in [0.1, 0.15) is 22.0 Å². The molecule has 0 unspecified atom stereocenters. The van der Waals surface area contributed by atoms with E-state index in [0.29, 0.717) is 28.6 Å². The molecule has 0 aliphatic heterocycles. The van der Waals surface area contributed by atoms with Crippen LogP contribution in [-0.2, 0) is 13.1 Å². The molecular weight excluding hydrogens is 352 g/mol. The van der Waals surface area contributed by atoms with Crippen molar-refractivity contribution >= 4 is 28.6 Å². The molecule has 0 spiro atoms. The molecular formula is C20H15ClN2O3. The number of rotatable bonds is 5. The maximum Gasteiger partial charge on any atom is 0.290 e. The molecule has 0 aliphatic rings. The first-order valence-electron chi connectivity index (χ1n) is 8.11. The third-order valence-corrected chi connectivity index (χ3v) is 4.19. The van der Waals surface area contributed by atoms with Gasteiger partial charge in [-0.15, -0.1) is 0 Å². The SMILES string of the molecule is O=C(c1ccco1)N(Cc1ccccc1)Cc1nc2cc(Cl)ccc2o1. The Labute approximate surface area is 154 Å². The highest BCUT2D eigenvalue weighted by molar-refractivity contribution is 6.31. The fourth-order valence-corrected chi connectivity index (χ4v) is 2.90. The molecule has 5 nitrogen and oxygen atoms in total. The Morgan fingerprint density at radius 1 is 1.04 bits per heavy atom. The minimum absolute atomic E-state index is 0.223. The molecule has 130 valence electrons. The highest BCUT2D eigenvalue weighted by Crippen LogP contribution is 2.22. The molecule has 26 heavy (non-hydrogen) atoms. The summed E-state index contributed by atoms with van der Waals surface area (Å²) in [6, 6.07) is 18.3. The van der Waals surface area contributed by atoms with Crippen LogP contribution in [0.4, 0.5) is 0 Å². The number of fused-ring (bicyclic) bond motifs is 1. The Kier molecular flexibility index (Phi) is 4.46. The number of oxazole rings is 1. The van der Waals surface area contributed by atoms with Crippen LogP contribution in [0.15, 0.2) is 75.8 Å². The molecule has 0 saturated heterocycles. The van der Waals surface area contributed by atoms with Gasteiger partial charge in [0.2, 0.25) is 5.89 Å². The van der Waals surface area contributed by atoms with Crippen LogP contribution in [-0.4, -0.2) is 15.8 Å². The molecule has 4 aromatic rings. The standard InChI is InChI=1S/C20H15ClN2O3/c21-15-8-9-17-16(11-15)22-19(26-17)13-23(12-14-5-2-1-3-6-14)20(24)18-7-4-10-25-18/h1-11H,12-13H2. The highest BCUT2D eigenvalue weighted by Gasteiger charge is 2.21. The first kappa shape index (κ1) is 16.4. The van der Waals surface area contributed by atoms with Crippen LogP contribution in [0.2, 0.25) is 5.02 Å². The molecule has 2 heterocycles. The van der Waals surface area contributed by atoms with E-state index in [2.05, 4.69) is 4.98 Å². The van der Waals surface area contributed by atoms with Crippen LogP contribution in [0.25, 0.3) is 11.1 Å². The van der Waals surface area contributed by atoms with Crippen molar-refractivity contribution in [2.75, 3.05) is 0 Å². The Balaban J connectivity index is 1.63. The summed E-state index contributed by atoms with van der Waals surface area (Å²) in [5.74, 6) is 0.498. The van der Waals surface area contributed by atoms with E-state index >= 15 is 0 Å². The smallest absolute Gasteiger partial charge is 0.290 e. The predicted molar refractivity (Wildman–Crippen MR) is 97.7 cm³/mol. The third-order valence-electron chi connectivity index (χ3n) is 3.96. The molecule has 6 heteroatoms. The molecule has 1 amide bonds. The second-order valence-electron chi connectivity index (χ2n) is 5.84. The van der Waals surface area contributed by atoms with Gasteiger partial charge in [-0.2, -0.15) is 0 Å². The summed E-state index contributed by atoms with van der Waals surface area (Å²) in [5.41, 5.74) is 2.30. The number of carbonyl (C=O) groups excluding carboxylic acids is 1. The van der Waals surface area contributed by atoms with Crippen molar-refractivity contribution in [2.45, 2.75) is 13.1 Å². The van der Waals surface area contributed by atoms with Crippen LogP contribution in [0.3, 0.4) is 0 Å². The number of hydrogen-bond acceptors (Lipinski definition) is 4. The first-order valence-corrected chi connectivity index (χ1v) is 8.48. The lowest BCUT2D eigenvalue weighted by molar-refractivity contribution is 0.0683. The number of nitrogens with zero attached hydrogens (tertiary/aromatic N) is 2. The Morgan fingerprint density at radius 2 is 1.88 bits per heavy atom. The highest BCUT2D eigenvalue weighted by atomic mass is 35.5. The number of carbonyl (C=O) groups is 1. The van der Waals surface area contributed by atoms with Gasteiger partial charge in [0.25, 0.3) is 5.91 Å². The van der Waals surface area contributed by atoms with Gasteiger partial charge in [0.1, 0.15) is 5.52 Å². The van der Waals surface area contributed by atoms with E-state index in [1.807, 2.05) is 30.3 Å². The lowest BCUT2D eigenvalue weighted by atomic mass is 10.2. The molecule has 4 rings (SSSR count). The predicted octanol–water partition coefficient (Wildman–Crippen LogP) is 4.92. The maximum atomic E-state index is 12.8. The maximum absolute atomic E-state index is 12.8. The van der Waals surface area contributed by atoms with Gasteiger partial charge < -0.3 is 13.7 Å². The Hall–Kier alpha value is -3.05. The largest absolute Gasteiger partial charge is 0.459 e. The lowest BCUT2D eigenvalue weighted by Crippen LogP contribution is -2.30. The molecule has 2 aromatic carbocycles. The number of amides is 1. The van der Waals surface area contributed by atoms with Crippen molar-refractivity contribution < 1.29 is 13.6 Å². The van der Waals surface area contributed by atoms with Crippen molar-refractivity contribution in [1.82, 2.24) is 9.88 Å². The molecule has 0 atom stereocenters. The van der Waals surface area contributed by atoms with Gasteiger partial charge in [-0.3, -0.25) is 4.79 Å². The van der Waals surface area contributed by atoms with Gasteiger partial charge >= 0.3 is 0 Å². The van der Waals surface area contributed by atoms with Crippen LogP contribution in [0, 0.1) is 0 Å². The third kappa shape index (κ3) is 3.48. The van der Waals surface area contributed by atoms with E-state index in [1.165, 1.54) is 6.26 Å². The Bertz CT molecular complexity index is 1030.